The van der Waals surface area contributed by atoms with E-state index >= 15 is 0 Å². The van der Waals surface area contributed by atoms with Crippen molar-refractivity contribution in [3.05, 3.63) is 199 Å². The molecule has 0 N–H and O–H groups in total. The largest absolute Gasteiger partial charge is 0.309 e. The van der Waals surface area contributed by atoms with Crippen LogP contribution in [0, 0.1) is 0 Å². The molecule has 11 aromatic rings. The lowest BCUT2D eigenvalue weighted by atomic mass is 9.91. The van der Waals surface area contributed by atoms with Crippen molar-refractivity contribution in [2.75, 3.05) is 0 Å². The lowest BCUT2D eigenvalue weighted by Gasteiger charge is -2.20. The minimum atomic E-state index is 1.05. The normalized spacial score (nSPS) is 12.8. The van der Waals surface area contributed by atoms with Crippen LogP contribution in [0.3, 0.4) is 0 Å². The Morgan fingerprint density at radius 2 is 0.768 bits per heavy atom. The van der Waals surface area contributed by atoms with Gasteiger partial charge in [-0.1, -0.05) is 146 Å². The van der Waals surface area contributed by atoms with E-state index in [1.807, 2.05) is 0 Å². The van der Waals surface area contributed by atoms with Crippen molar-refractivity contribution in [3.63, 3.8) is 0 Å². The van der Waals surface area contributed by atoms with E-state index < -0.39 is 0 Å². The quantitative estimate of drug-likeness (QED) is 0.161. The van der Waals surface area contributed by atoms with Gasteiger partial charge in [0.2, 0.25) is 0 Å². The zero-order chi connectivity index (χ0) is 36.7. The Hall–Kier alpha value is -7.16. The van der Waals surface area contributed by atoms with Crippen LogP contribution in [0.2, 0.25) is 0 Å². The van der Waals surface area contributed by atoms with Gasteiger partial charge in [-0.3, -0.25) is 0 Å². The number of fused-ring (bicyclic) bond motifs is 11. The second-order valence-electron chi connectivity index (χ2n) is 15.2. The molecule has 0 fully saturated rings. The number of aryl methyl sites for hydroxylation is 1. The van der Waals surface area contributed by atoms with E-state index in [1.54, 1.807) is 0 Å². The molecule has 2 nitrogen and oxygen atoms in total. The number of nitrogens with zero attached hydrogens (tertiary/aromatic N) is 2. The smallest absolute Gasteiger partial charge is 0.0547 e. The second-order valence-corrected chi connectivity index (χ2v) is 15.2. The molecular formula is C54H36N2. The number of hydrogen-bond acceptors (Lipinski definition) is 0. The van der Waals surface area contributed by atoms with E-state index in [2.05, 4.69) is 203 Å². The molecule has 2 aromatic heterocycles. The first-order valence-electron chi connectivity index (χ1n) is 19.7. The molecule has 2 heteroatoms. The van der Waals surface area contributed by atoms with Crippen LogP contribution >= 0.6 is 0 Å². The summed E-state index contributed by atoms with van der Waals surface area (Å²) in [5.41, 5.74) is 13.7. The average molecular weight is 713 g/mol. The third-order valence-electron chi connectivity index (χ3n) is 12.2. The van der Waals surface area contributed by atoms with E-state index in [-0.39, 0.29) is 0 Å². The van der Waals surface area contributed by atoms with Gasteiger partial charge in [-0.15, -0.1) is 0 Å². The zero-order valence-electron chi connectivity index (χ0n) is 30.8. The van der Waals surface area contributed by atoms with Crippen LogP contribution in [0.15, 0.2) is 188 Å². The number of para-hydroxylation sites is 3. The average Bonchev–Trinajstić information content (AvgIpc) is 3.79. The molecule has 56 heavy (non-hydrogen) atoms. The first-order chi connectivity index (χ1) is 27.8. The fraction of sp³-hybridized carbons (Fsp3) is 0.0370. The van der Waals surface area contributed by atoms with E-state index in [1.165, 1.54) is 110 Å². The van der Waals surface area contributed by atoms with E-state index in [4.69, 9.17) is 0 Å². The highest BCUT2D eigenvalue weighted by Gasteiger charge is 2.23. The molecule has 1 aliphatic carbocycles. The van der Waals surface area contributed by atoms with Crippen LogP contribution in [0.1, 0.15) is 17.7 Å². The van der Waals surface area contributed by atoms with E-state index in [0.717, 1.165) is 12.8 Å². The zero-order valence-corrected chi connectivity index (χ0v) is 30.8. The van der Waals surface area contributed by atoms with Gasteiger partial charge in [0.05, 0.1) is 27.9 Å². The maximum absolute atomic E-state index is 2.54. The van der Waals surface area contributed by atoms with Gasteiger partial charge < -0.3 is 9.13 Å². The molecule has 9 aromatic carbocycles. The number of allylic oxidation sites excluding steroid dienone is 1. The highest BCUT2D eigenvalue weighted by molar-refractivity contribution is 6.23. The fourth-order valence-electron chi connectivity index (χ4n) is 9.63. The highest BCUT2D eigenvalue weighted by Crippen LogP contribution is 2.45. The Balaban J connectivity index is 1.29. The van der Waals surface area contributed by atoms with Crippen molar-refractivity contribution >= 4 is 71.1 Å². The summed E-state index contributed by atoms with van der Waals surface area (Å²) in [6.07, 6.45) is 6.81. The molecule has 0 aliphatic heterocycles. The predicted molar refractivity (Wildman–Crippen MR) is 238 cm³/mol. The Bertz CT molecular complexity index is 3340. The van der Waals surface area contributed by atoms with Gasteiger partial charge in [-0.25, -0.2) is 0 Å². The maximum Gasteiger partial charge on any atom is 0.0547 e. The fourth-order valence-corrected chi connectivity index (χ4v) is 9.63. The first kappa shape index (κ1) is 31.2. The summed E-state index contributed by atoms with van der Waals surface area (Å²) in [7, 11) is 0. The van der Waals surface area contributed by atoms with Crippen molar-refractivity contribution in [2.24, 2.45) is 0 Å². The summed E-state index contributed by atoms with van der Waals surface area (Å²) < 4.78 is 5.04. The summed E-state index contributed by atoms with van der Waals surface area (Å²) in [5, 5.41) is 11.3. The molecular weight excluding hydrogens is 677 g/mol. The summed E-state index contributed by atoms with van der Waals surface area (Å²) in [4.78, 5) is 0. The standard InChI is InChI=1S/C54H36N2/c1-3-15-35(16-4-1)37-27-29-43-45(31-37)47-33-54(56-51-25-13-9-21-41(51)42-22-10-14-26-52(42)56)44-30-28-38(36-17-5-2-6-18-36)32-46(44)48(47)34-53(43)55-49-23-11-7-19-39(49)40-20-8-12-24-50(40)55/h1-9,11-21,23-34H,10,22H2. The third kappa shape index (κ3) is 4.56. The number of aromatic nitrogens is 2. The molecule has 0 amide bonds. The number of hydrogen-bond donors (Lipinski definition) is 0. The summed E-state index contributed by atoms with van der Waals surface area (Å²) in [5.74, 6) is 0. The van der Waals surface area contributed by atoms with Gasteiger partial charge in [0.15, 0.2) is 0 Å². The van der Waals surface area contributed by atoms with Crippen molar-refractivity contribution in [1.82, 2.24) is 9.13 Å². The molecule has 0 saturated heterocycles. The summed E-state index contributed by atoms with van der Waals surface area (Å²) in [6.45, 7) is 0. The lowest BCUT2D eigenvalue weighted by Crippen LogP contribution is -2.02. The molecule has 1 aliphatic rings. The van der Waals surface area contributed by atoms with Gasteiger partial charge in [0.25, 0.3) is 0 Å². The van der Waals surface area contributed by atoms with Crippen LogP contribution in [-0.4, -0.2) is 9.13 Å². The van der Waals surface area contributed by atoms with Crippen molar-refractivity contribution in [3.8, 4) is 33.6 Å². The van der Waals surface area contributed by atoms with Gasteiger partial charge in [0, 0.05) is 32.6 Å². The maximum atomic E-state index is 2.54. The molecule has 262 valence electrons. The van der Waals surface area contributed by atoms with Crippen LogP contribution in [0.25, 0.3) is 105 Å². The van der Waals surface area contributed by atoms with Crippen molar-refractivity contribution in [1.29, 1.82) is 0 Å². The predicted octanol–water partition coefficient (Wildman–Crippen LogP) is 14.5. The molecule has 2 heterocycles. The van der Waals surface area contributed by atoms with Crippen LogP contribution in [0.4, 0.5) is 0 Å². The van der Waals surface area contributed by atoms with Crippen LogP contribution in [-0.2, 0) is 6.42 Å². The molecule has 0 unspecified atom stereocenters. The Labute approximate surface area is 324 Å². The van der Waals surface area contributed by atoms with E-state index in [0.29, 0.717) is 0 Å². The Morgan fingerprint density at radius 1 is 0.321 bits per heavy atom. The van der Waals surface area contributed by atoms with Crippen molar-refractivity contribution in [2.45, 2.75) is 12.8 Å². The topological polar surface area (TPSA) is 9.86 Å². The summed E-state index contributed by atoms with van der Waals surface area (Å²) >= 11 is 0. The lowest BCUT2D eigenvalue weighted by molar-refractivity contribution is 0.970. The van der Waals surface area contributed by atoms with E-state index in [9.17, 15) is 0 Å². The Kier molecular flexibility index (Phi) is 6.79. The first-order valence-corrected chi connectivity index (χ1v) is 19.7. The highest BCUT2D eigenvalue weighted by atomic mass is 15.0. The molecule has 0 atom stereocenters. The second kappa shape index (κ2) is 12.2. The minimum Gasteiger partial charge on any atom is -0.309 e. The van der Waals surface area contributed by atoms with Gasteiger partial charge in [0.1, 0.15) is 0 Å². The molecule has 12 rings (SSSR count). The third-order valence-corrected chi connectivity index (χ3v) is 12.2. The summed E-state index contributed by atoms with van der Waals surface area (Å²) in [6, 6.07) is 67.5. The number of benzene rings is 9. The molecule has 0 spiro atoms. The number of rotatable bonds is 4. The van der Waals surface area contributed by atoms with Crippen molar-refractivity contribution < 1.29 is 0 Å². The monoisotopic (exact) mass is 712 g/mol. The van der Waals surface area contributed by atoms with Crippen LogP contribution < -0.4 is 0 Å². The molecule has 0 bridgehead atoms. The van der Waals surface area contributed by atoms with Gasteiger partial charge in [-0.05, 0) is 111 Å². The van der Waals surface area contributed by atoms with Gasteiger partial charge >= 0.3 is 0 Å². The molecule has 0 saturated carbocycles. The molecule has 0 radical (unpaired) electrons. The van der Waals surface area contributed by atoms with Gasteiger partial charge in [-0.2, -0.15) is 0 Å². The van der Waals surface area contributed by atoms with Crippen LogP contribution in [0.5, 0.6) is 0 Å². The Morgan fingerprint density at radius 3 is 1.32 bits per heavy atom. The minimum absolute atomic E-state index is 1.05. The SMILES string of the molecule is C1=Cc2c(c3ccccc3n2-c2cc3c4cc(-c5ccccc5)ccc4c(-n4c5ccccc5c5ccccc54)cc3c3cc(-c4ccccc4)ccc23)CC1.